The van der Waals surface area contributed by atoms with Gasteiger partial charge in [-0.25, -0.2) is 4.98 Å². The average molecular weight is 212 g/mol. The lowest BCUT2D eigenvalue weighted by Gasteiger charge is -1.98. The number of hydrogen-bond acceptors (Lipinski definition) is 2. The van der Waals surface area contributed by atoms with E-state index in [1.54, 1.807) is 7.11 Å². The third-order valence-corrected chi connectivity index (χ3v) is 2.80. The van der Waals surface area contributed by atoms with Crippen molar-refractivity contribution in [1.29, 1.82) is 0 Å². The zero-order valence-corrected chi connectivity index (χ0v) is 9.24. The second-order valence-electron chi connectivity index (χ2n) is 3.89. The van der Waals surface area contributed by atoms with Crippen LogP contribution in [0.25, 0.3) is 21.9 Å². The van der Waals surface area contributed by atoms with Crippen LogP contribution in [0.1, 0.15) is 5.69 Å². The van der Waals surface area contributed by atoms with E-state index in [-0.39, 0.29) is 0 Å². The van der Waals surface area contributed by atoms with Gasteiger partial charge in [0.1, 0.15) is 11.4 Å². The Bertz CT molecular complexity index is 670. The summed E-state index contributed by atoms with van der Waals surface area (Å²) in [4.78, 5) is 7.77. The van der Waals surface area contributed by atoms with Gasteiger partial charge >= 0.3 is 0 Å². The van der Waals surface area contributed by atoms with Crippen LogP contribution in [0.15, 0.2) is 30.3 Å². The Morgan fingerprint density at radius 2 is 1.94 bits per heavy atom. The molecule has 2 aromatic heterocycles. The first kappa shape index (κ1) is 9.21. The smallest absolute Gasteiger partial charge is 0.138 e. The summed E-state index contributed by atoms with van der Waals surface area (Å²) >= 11 is 0. The summed E-state index contributed by atoms with van der Waals surface area (Å²) in [5.41, 5.74) is 3.02. The molecule has 3 nitrogen and oxygen atoms in total. The molecule has 0 atom stereocenters. The maximum Gasteiger partial charge on any atom is 0.138 e. The van der Waals surface area contributed by atoms with Crippen LogP contribution in [-0.2, 0) is 0 Å². The minimum absolute atomic E-state index is 0.857. The summed E-state index contributed by atoms with van der Waals surface area (Å²) in [6, 6.07) is 10.1. The van der Waals surface area contributed by atoms with Crippen LogP contribution in [0.5, 0.6) is 5.75 Å². The Hall–Kier alpha value is -2.03. The number of pyridine rings is 1. The van der Waals surface area contributed by atoms with E-state index in [4.69, 9.17) is 4.74 Å². The van der Waals surface area contributed by atoms with Gasteiger partial charge in [-0.2, -0.15) is 0 Å². The molecule has 2 heterocycles. The summed E-state index contributed by atoms with van der Waals surface area (Å²) in [7, 11) is 1.67. The number of hydrogen-bond donors (Lipinski definition) is 1. The molecule has 3 aromatic rings. The number of nitrogens with zero attached hydrogens (tertiary/aromatic N) is 1. The average Bonchev–Trinajstić information content (AvgIpc) is 2.64. The van der Waals surface area contributed by atoms with Gasteiger partial charge in [0.05, 0.1) is 12.6 Å². The first-order valence-electron chi connectivity index (χ1n) is 5.21. The number of H-pyrrole nitrogens is 1. The van der Waals surface area contributed by atoms with Gasteiger partial charge in [-0.1, -0.05) is 0 Å². The van der Waals surface area contributed by atoms with E-state index in [1.165, 1.54) is 5.39 Å². The number of aryl methyl sites for hydroxylation is 1. The molecule has 80 valence electrons. The van der Waals surface area contributed by atoms with Crippen LogP contribution in [-0.4, -0.2) is 17.1 Å². The largest absolute Gasteiger partial charge is 0.497 e. The van der Waals surface area contributed by atoms with Crippen LogP contribution in [0.4, 0.5) is 0 Å². The third-order valence-electron chi connectivity index (χ3n) is 2.80. The van der Waals surface area contributed by atoms with Gasteiger partial charge in [0.25, 0.3) is 0 Å². The fraction of sp³-hybridized carbons (Fsp3) is 0.154. The first-order valence-corrected chi connectivity index (χ1v) is 5.21. The second kappa shape index (κ2) is 3.23. The molecule has 0 saturated carbocycles. The van der Waals surface area contributed by atoms with Gasteiger partial charge in [-0.3, -0.25) is 0 Å². The lowest BCUT2D eigenvalue weighted by Crippen LogP contribution is -1.80. The molecule has 1 aromatic carbocycles. The van der Waals surface area contributed by atoms with Gasteiger partial charge in [0.2, 0.25) is 0 Å². The highest BCUT2D eigenvalue weighted by Gasteiger charge is 2.05. The number of ether oxygens (including phenoxy) is 1. The molecule has 0 aliphatic carbocycles. The Morgan fingerprint density at radius 1 is 1.12 bits per heavy atom. The second-order valence-corrected chi connectivity index (χ2v) is 3.89. The lowest BCUT2D eigenvalue weighted by molar-refractivity contribution is 0.415. The molecule has 0 radical (unpaired) electrons. The van der Waals surface area contributed by atoms with Crippen molar-refractivity contribution in [2.75, 3.05) is 7.11 Å². The maximum atomic E-state index is 5.20. The topological polar surface area (TPSA) is 37.9 Å². The van der Waals surface area contributed by atoms with Crippen LogP contribution in [0, 0.1) is 6.92 Å². The molecule has 3 heteroatoms. The van der Waals surface area contributed by atoms with E-state index in [9.17, 15) is 0 Å². The van der Waals surface area contributed by atoms with Crippen LogP contribution in [0.3, 0.4) is 0 Å². The molecule has 1 N–H and O–H groups in total. The molecule has 0 spiro atoms. The molecular weight excluding hydrogens is 200 g/mol. The lowest BCUT2D eigenvalue weighted by atomic mass is 10.2. The van der Waals surface area contributed by atoms with Crippen molar-refractivity contribution in [3.8, 4) is 5.75 Å². The van der Waals surface area contributed by atoms with Gasteiger partial charge < -0.3 is 9.72 Å². The molecule has 0 fully saturated rings. The zero-order chi connectivity index (χ0) is 11.1. The minimum Gasteiger partial charge on any atom is -0.497 e. The van der Waals surface area contributed by atoms with Crippen molar-refractivity contribution in [2.24, 2.45) is 0 Å². The Morgan fingerprint density at radius 3 is 2.75 bits per heavy atom. The zero-order valence-electron chi connectivity index (χ0n) is 9.24. The van der Waals surface area contributed by atoms with Crippen LogP contribution < -0.4 is 4.74 Å². The predicted octanol–water partition coefficient (Wildman–Crippen LogP) is 3.03. The normalized spacial score (nSPS) is 11.1. The highest BCUT2D eigenvalue weighted by Crippen LogP contribution is 2.27. The van der Waals surface area contributed by atoms with Crippen molar-refractivity contribution in [3.63, 3.8) is 0 Å². The van der Waals surface area contributed by atoms with Crippen molar-refractivity contribution < 1.29 is 4.74 Å². The van der Waals surface area contributed by atoms with Gasteiger partial charge in [-0.15, -0.1) is 0 Å². The molecular formula is C13H12N2O. The molecule has 0 amide bonds. The number of benzene rings is 1. The molecule has 0 aliphatic heterocycles. The number of rotatable bonds is 1. The first-order chi connectivity index (χ1) is 7.78. The molecule has 0 unspecified atom stereocenters. The number of aromatic amines is 1. The number of nitrogens with one attached hydrogen (secondary N) is 1. The summed E-state index contributed by atoms with van der Waals surface area (Å²) in [6.45, 7) is 1.99. The van der Waals surface area contributed by atoms with E-state index >= 15 is 0 Å². The summed E-state index contributed by atoms with van der Waals surface area (Å²) < 4.78 is 5.20. The predicted molar refractivity (Wildman–Crippen MR) is 64.9 cm³/mol. The van der Waals surface area contributed by atoms with Crippen LogP contribution in [0.2, 0.25) is 0 Å². The monoisotopic (exact) mass is 212 g/mol. The summed E-state index contributed by atoms with van der Waals surface area (Å²) in [5, 5.41) is 2.34. The molecule has 0 bridgehead atoms. The number of fused-ring (bicyclic) bond motifs is 3. The van der Waals surface area contributed by atoms with Gasteiger partial charge in [0.15, 0.2) is 0 Å². The maximum absolute atomic E-state index is 5.20. The van der Waals surface area contributed by atoms with E-state index in [2.05, 4.69) is 22.1 Å². The number of aromatic nitrogens is 2. The molecule has 0 saturated heterocycles. The molecule has 16 heavy (non-hydrogen) atoms. The van der Waals surface area contributed by atoms with E-state index in [0.717, 1.165) is 28.0 Å². The molecule has 3 rings (SSSR count). The standard InChI is InChI=1S/C13H12N2O/c1-8-3-5-11-10-6-4-9(16-2)7-12(10)15-13(11)14-8/h3-7H,1-2H3,(H,14,15). The Labute approximate surface area is 93.1 Å². The Balaban J connectivity index is 2.40. The number of methoxy groups -OCH3 is 1. The van der Waals surface area contributed by atoms with Crippen molar-refractivity contribution in [3.05, 3.63) is 36.0 Å². The fourth-order valence-corrected chi connectivity index (χ4v) is 1.99. The van der Waals surface area contributed by atoms with E-state index in [0.29, 0.717) is 0 Å². The van der Waals surface area contributed by atoms with E-state index in [1.807, 2.05) is 25.1 Å². The highest BCUT2D eigenvalue weighted by molar-refractivity contribution is 6.06. The van der Waals surface area contributed by atoms with Gasteiger partial charge in [0, 0.05) is 22.5 Å². The van der Waals surface area contributed by atoms with Gasteiger partial charge in [-0.05, 0) is 31.2 Å². The SMILES string of the molecule is COc1ccc2c(c1)[nH]c1nc(C)ccc12. The highest BCUT2D eigenvalue weighted by atomic mass is 16.5. The molecule has 0 aliphatic rings. The summed E-state index contributed by atoms with van der Waals surface area (Å²) in [6.07, 6.45) is 0. The fourth-order valence-electron chi connectivity index (χ4n) is 1.99. The minimum atomic E-state index is 0.857. The van der Waals surface area contributed by atoms with Crippen LogP contribution >= 0.6 is 0 Å². The Kier molecular flexibility index (Phi) is 1.86. The third kappa shape index (κ3) is 1.25. The van der Waals surface area contributed by atoms with Crippen molar-refractivity contribution in [1.82, 2.24) is 9.97 Å². The summed E-state index contributed by atoms with van der Waals surface area (Å²) in [5.74, 6) is 0.857. The van der Waals surface area contributed by atoms with Crippen molar-refractivity contribution >= 4 is 21.9 Å². The quantitative estimate of drug-likeness (QED) is 0.673. The van der Waals surface area contributed by atoms with Crippen molar-refractivity contribution in [2.45, 2.75) is 6.92 Å². The van der Waals surface area contributed by atoms with E-state index < -0.39 is 0 Å².